The molecule has 0 bridgehead atoms. The highest BCUT2D eigenvalue weighted by Gasteiger charge is 1.98. The molecule has 0 radical (unpaired) electrons. The van der Waals surface area contributed by atoms with Crippen LogP contribution in [-0.2, 0) is 16.0 Å². The molecule has 24 heavy (non-hydrogen) atoms. The van der Waals surface area contributed by atoms with Gasteiger partial charge in [0.1, 0.15) is 12.4 Å². The lowest BCUT2D eigenvalue weighted by atomic mass is 10.1. The molecule has 1 N–H and O–H groups in total. The van der Waals surface area contributed by atoms with E-state index in [1.54, 1.807) is 19.4 Å². The fourth-order valence-corrected chi connectivity index (χ4v) is 2.02. The standard InChI is InChI=1S/C19H22N2O3/c1-23-14-15-24-18-8-5-16(6-9-18)11-13-21-19(22)10-7-17-4-2-3-12-20-17/h2-10,12H,11,13-15H2,1H3,(H,21,22). The van der Waals surface area contributed by atoms with E-state index in [-0.39, 0.29) is 5.91 Å². The van der Waals surface area contributed by atoms with Gasteiger partial charge in [-0.25, -0.2) is 0 Å². The van der Waals surface area contributed by atoms with Gasteiger partial charge in [-0.05, 0) is 42.3 Å². The number of pyridine rings is 1. The first kappa shape index (κ1) is 17.7. The Labute approximate surface area is 142 Å². The second kappa shape index (κ2) is 10.2. The number of benzene rings is 1. The number of hydrogen-bond donors (Lipinski definition) is 1. The topological polar surface area (TPSA) is 60.5 Å². The number of carbonyl (C=O) groups is 1. The third kappa shape index (κ3) is 6.62. The Kier molecular flexibility index (Phi) is 7.50. The van der Waals surface area contributed by atoms with Crippen molar-refractivity contribution in [2.75, 3.05) is 26.9 Å². The van der Waals surface area contributed by atoms with Crippen molar-refractivity contribution < 1.29 is 14.3 Å². The molecule has 0 spiro atoms. The quantitative estimate of drug-likeness (QED) is 0.568. The summed E-state index contributed by atoms with van der Waals surface area (Å²) in [5.41, 5.74) is 1.90. The van der Waals surface area contributed by atoms with Gasteiger partial charge in [-0.2, -0.15) is 0 Å². The minimum absolute atomic E-state index is 0.125. The molecule has 0 saturated carbocycles. The van der Waals surface area contributed by atoms with Crippen LogP contribution in [0.3, 0.4) is 0 Å². The molecule has 1 heterocycles. The summed E-state index contributed by atoms with van der Waals surface area (Å²) in [7, 11) is 1.65. The molecule has 0 fully saturated rings. The predicted octanol–water partition coefficient (Wildman–Crippen LogP) is 2.48. The lowest BCUT2D eigenvalue weighted by Crippen LogP contribution is -2.23. The van der Waals surface area contributed by atoms with E-state index >= 15 is 0 Å². The number of amides is 1. The normalized spacial score (nSPS) is 10.7. The van der Waals surface area contributed by atoms with Crippen molar-refractivity contribution in [3.05, 3.63) is 66.0 Å². The van der Waals surface area contributed by atoms with Gasteiger partial charge in [-0.15, -0.1) is 0 Å². The van der Waals surface area contributed by atoms with Crippen LogP contribution in [0.5, 0.6) is 5.75 Å². The first-order valence-corrected chi connectivity index (χ1v) is 7.85. The average molecular weight is 326 g/mol. The van der Waals surface area contributed by atoms with Crippen molar-refractivity contribution in [2.45, 2.75) is 6.42 Å². The van der Waals surface area contributed by atoms with Gasteiger partial charge in [-0.3, -0.25) is 9.78 Å². The number of carbonyl (C=O) groups excluding carboxylic acids is 1. The van der Waals surface area contributed by atoms with Crippen LogP contribution in [0.4, 0.5) is 0 Å². The van der Waals surface area contributed by atoms with Crippen LogP contribution in [0.1, 0.15) is 11.3 Å². The molecule has 0 aliphatic carbocycles. The van der Waals surface area contributed by atoms with Gasteiger partial charge in [0, 0.05) is 25.9 Å². The smallest absolute Gasteiger partial charge is 0.244 e. The molecular formula is C19H22N2O3. The summed E-state index contributed by atoms with van der Waals surface area (Å²) >= 11 is 0. The Morgan fingerprint density at radius 3 is 2.71 bits per heavy atom. The Morgan fingerprint density at radius 2 is 2.00 bits per heavy atom. The fraction of sp³-hybridized carbons (Fsp3) is 0.263. The summed E-state index contributed by atoms with van der Waals surface area (Å²) < 4.78 is 10.4. The van der Waals surface area contributed by atoms with E-state index < -0.39 is 0 Å². The van der Waals surface area contributed by atoms with Crippen molar-refractivity contribution in [1.29, 1.82) is 0 Å². The second-order valence-corrected chi connectivity index (χ2v) is 5.11. The second-order valence-electron chi connectivity index (χ2n) is 5.11. The number of hydrogen-bond acceptors (Lipinski definition) is 4. The van der Waals surface area contributed by atoms with Crippen LogP contribution in [0.15, 0.2) is 54.7 Å². The molecule has 0 aliphatic heterocycles. The highest BCUT2D eigenvalue weighted by Crippen LogP contribution is 2.12. The average Bonchev–Trinajstić information content (AvgIpc) is 2.62. The van der Waals surface area contributed by atoms with E-state index in [2.05, 4.69) is 10.3 Å². The highest BCUT2D eigenvalue weighted by atomic mass is 16.5. The Bertz CT molecular complexity index is 639. The maximum Gasteiger partial charge on any atom is 0.244 e. The van der Waals surface area contributed by atoms with Crippen LogP contribution in [-0.4, -0.2) is 37.8 Å². The maximum absolute atomic E-state index is 11.7. The maximum atomic E-state index is 11.7. The van der Waals surface area contributed by atoms with Crippen molar-refractivity contribution >= 4 is 12.0 Å². The summed E-state index contributed by atoms with van der Waals surface area (Å²) in [4.78, 5) is 15.9. The molecule has 126 valence electrons. The van der Waals surface area contributed by atoms with Gasteiger partial charge in [0.25, 0.3) is 0 Å². The minimum atomic E-state index is -0.125. The largest absolute Gasteiger partial charge is 0.491 e. The third-order valence-electron chi connectivity index (χ3n) is 3.29. The molecule has 0 aliphatic rings. The number of nitrogens with one attached hydrogen (secondary N) is 1. The Morgan fingerprint density at radius 1 is 1.17 bits per heavy atom. The summed E-state index contributed by atoms with van der Waals surface area (Å²) in [5, 5.41) is 2.86. The molecule has 2 rings (SSSR count). The van der Waals surface area contributed by atoms with E-state index in [1.807, 2.05) is 42.5 Å². The van der Waals surface area contributed by atoms with E-state index in [4.69, 9.17) is 9.47 Å². The van der Waals surface area contributed by atoms with Crippen LogP contribution in [0, 0.1) is 0 Å². The summed E-state index contributed by atoms with van der Waals surface area (Å²) in [6.07, 6.45) is 5.65. The van der Waals surface area contributed by atoms with Gasteiger partial charge in [0.15, 0.2) is 0 Å². The highest BCUT2D eigenvalue weighted by molar-refractivity contribution is 5.91. The minimum Gasteiger partial charge on any atom is -0.491 e. The van der Waals surface area contributed by atoms with Gasteiger partial charge >= 0.3 is 0 Å². The monoisotopic (exact) mass is 326 g/mol. The van der Waals surface area contributed by atoms with Crippen LogP contribution in [0.25, 0.3) is 6.08 Å². The number of ether oxygens (including phenoxy) is 2. The zero-order chi connectivity index (χ0) is 17.0. The lowest BCUT2D eigenvalue weighted by molar-refractivity contribution is -0.116. The third-order valence-corrected chi connectivity index (χ3v) is 3.29. The van der Waals surface area contributed by atoms with Gasteiger partial charge in [0.05, 0.1) is 12.3 Å². The number of nitrogens with zero attached hydrogens (tertiary/aromatic N) is 1. The summed E-state index contributed by atoms with van der Waals surface area (Å²) in [5.74, 6) is 0.693. The molecule has 5 heteroatoms. The van der Waals surface area contributed by atoms with Crippen molar-refractivity contribution in [1.82, 2.24) is 10.3 Å². The van der Waals surface area contributed by atoms with Gasteiger partial charge < -0.3 is 14.8 Å². The summed E-state index contributed by atoms with van der Waals surface area (Å²) in [6, 6.07) is 13.4. The first-order chi connectivity index (χ1) is 11.8. The zero-order valence-corrected chi connectivity index (χ0v) is 13.8. The fourth-order valence-electron chi connectivity index (χ4n) is 2.02. The SMILES string of the molecule is COCCOc1ccc(CCNC(=O)C=Cc2ccccn2)cc1. The Balaban J connectivity index is 1.69. The van der Waals surface area contributed by atoms with Crippen LogP contribution in [0.2, 0.25) is 0 Å². The van der Waals surface area contributed by atoms with Crippen molar-refractivity contribution in [3.8, 4) is 5.75 Å². The number of methoxy groups -OCH3 is 1. The Hall–Kier alpha value is -2.66. The van der Waals surface area contributed by atoms with Crippen LogP contribution >= 0.6 is 0 Å². The van der Waals surface area contributed by atoms with E-state index in [0.29, 0.717) is 19.8 Å². The molecule has 0 unspecified atom stereocenters. The molecular weight excluding hydrogens is 304 g/mol. The van der Waals surface area contributed by atoms with Gasteiger partial charge in [0.2, 0.25) is 5.91 Å². The molecule has 0 saturated heterocycles. The molecule has 0 atom stereocenters. The van der Waals surface area contributed by atoms with Crippen molar-refractivity contribution in [2.24, 2.45) is 0 Å². The molecule has 1 aromatic carbocycles. The van der Waals surface area contributed by atoms with E-state index in [0.717, 1.165) is 23.4 Å². The van der Waals surface area contributed by atoms with Crippen molar-refractivity contribution in [3.63, 3.8) is 0 Å². The number of rotatable bonds is 9. The number of aromatic nitrogens is 1. The molecule has 1 aromatic heterocycles. The lowest BCUT2D eigenvalue weighted by Gasteiger charge is -2.07. The predicted molar refractivity (Wildman–Crippen MR) is 93.8 cm³/mol. The van der Waals surface area contributed by atoms with E-state index in [9.17, 15) is 4.79 Å². The van der Waals surface area contributed by atoms with Gasteiger partial charge in [-0.1, -0.05) is 18.2 Å². The molecule has 5 nitrogen and oxygen atoms in total. The zero-order valence-electron chi connectivity index (χ0n) is 13.8. The van der Waals surface area contributed by atoms with Crippen LogP contribution < -0.4 is 10.1 Å². The van der Waals surface area contributed by atoms with E-state index in [1.165, 1.54) is 6.08 Å². The summed E-state index contributed by atoms with van der Waals surface area (Å²) in [6.45, 7) is 1.68. The molecule has 1 amide bonds. The first-order valence-electron chi connectivity index (χ1n) is 7.85. The molecule has 2 aromatic rings.